The van der Waals surface area contributed by atoms with Crippen LogP contribution in [-0.4, -0.2) is 17.6 Å². The van der Waals surface area contributed by atoms with E-state index in [1.165, 1.54) is 11.3 Å². The molecule has 1 heterocycles. The summed E-state index contributed by atoms with van der Waals surface area (Å²) in [4.78, 5) is 16.2. The molecule has 0 N–H and O–H groups in total. The van der Waals surface area contributed by atoms with E-state index in [1.54, 1.807) is 12.4 Å². The highest BCUT2D eigenvalue weighted by Crippen LogP contribution is 2.14. The molecule has 0 aliphatic heterocycles. The van der Waals surface area contributed by atoms with Crippen molar-refractivity contribution in [1.29, 1.82) is 0 Å². The molecule has 12 heavy (non-hydrogen) atoms. The van der Waals surface area contributed by atoms with Crippen molar-refractivity contribution in [2.75, 3.05) is 6.61 Å². The third-order valence-corrected chi connectivity index (χ3v) is 2.41. The average molecular weight is 185 g/mol. The number of nitrogens with zero attached hydrogens (tertiary/aromatic N) is 1. The van der Waals surface area contributed by atoms with E-state index >= 15 is 0 Å². The predicted molar refractivity (Wildman–Crippen MR) is 47.4 cm³/mol. The summed E-state index contributed by atoms with van der Waals surface area (Å²) in [5.41, 5.74) is 2.15. The predicted octanol–water partition coefficient (Wildman–Crippen LogP) is 1.88. The van der Waals surface area contributed by atoms with Crippen LogP contribution in [0, 0.1) is 0 Å². The van der Waals surface area contributed by atoms with Gasteiger partial charge in [0.05, 0.1) is 12.1 Å². The number of rotatable bonds is 3. The van der Waals surface area contributed by atoms with Crippen LogP contribution in [0.2, 0.25) is 0 Å². The highest BCUT2D eigenvalue weighted by atomic mass is 32.1. The van der Waals surface area contributed by atoms with Crippen LogP contribution in [0.5, 0.6) is 0 Å². The Labute approximate surface area is 75.4 Å². The minimum atomic E-state index is -0.310. The van der Waals surface area contributed by atoms with Crippen molar-refractivity contribution in [3.8, 4) is 0 Å². The summed E-state index contributed by atoms with van der Waals surface area (Å²) in [7, 11) is 0. The molecule has 0 aliphatic carbocycles. The molecule has 0 fully saturated rings. The zero-order chi connectivity index (χ0) is 8.97. The molecule has 0 bridgehead atoms. The van der Waals surface area contributed by atoms with Crippen molar-refractivity contribution in [2.45, 2.75) is 20.3 Å². The standard InChI is InChI=1S/C8H11NO2S/c1-3-6-7(9-5-12-6)8(10)11-4-2/h5H,3-4H2,1-2H3. The molecule has 0 atom stereocenters. The van der Waals surface area contributed by atoms with Gasteiger partial charge in [0.1, 0.15) is 0 Å². The molecule has 66 valence electrons. The number of ether oxygens (including phenoxy) is 1. The molecule has 0 aromatic carbocycles. The van der Waals surface area contributed by atoms with Gasteiger partial charge in [0, 0.05) is 4.88 Å². The van der Waals surface area contributed by atoms with Crippen LogP contribution in [-0.2, 0) is 11.2 Å². The zero-order valence-corrected chi connectivity index (χ0v) is 7.98. The Morgan fingerprint density at radius 2 is 2.42 bits per heavy atom. The summed E-state index contributed by atoms with van der Waals surface area (Å²) >= 11 is 1.49. The van der Waals surface area contributed by atoms with Crippen LogP contribution in [0.15, 0.2) is 5.51 Å². The quantitative estimate of drug-likeness (QED) is 0.675. The van der Waals surface area contributed by atoms with Crippen LogP contribution in [0.4, 0.5) is 0 Å². The van der Waals surface area contributed by atoms with Crippen molar-refractivity contribution >= 4 is 17.3 Å². The van der Waals surface area contributed by atoms with Crippen LogP contribution < -0.4 is 0 Å². The Hall–Kier alpha value is -0.900. The summed E-state index contributed by atoms with van der Waals surface area (Å²) in [6.45, 7) is 4.19. The number of esters is 1. The fourth-order valence-electron chi connectivity index (χ4n) is 0.887. The maximum absolute atomic E-state index is 11.2. The Morgan fingerprint density at radius 1 is 1.67 bits per heavy atom. The Kier molecular flexibility index (Phi) is 3.22. The molecule has 3 nitrogen and oxygen atoms in total. The van der Waals surface area contributed by atoms with E-state index in [4.69, 9.17) is 4.74 Å². The molecule has 0 spiro atoms. The van der Waals surface area contributed by atoms with Crippen molar-refractivity contribution in [1.82, 2.24) is 4.98 Å². The summed E-state index contributed by atoms with van der Waals surface area (Å²) in [5, 5.41) is 0. The van der Waals surface area contributed by atoms with Gasteiger partial charge in [-0.15, -0.1) is 11.3 Å². The Morgan fingerprint density at radius 3 is 3.00 bits per heavy atom. The molecule has 0 radical (unpaired) electrons. The van der Waals surface area contributed by atoms with Crippen LogP contribution in [0.25, 0.3) is 0 Å². The second-order valence-corrected chi connectivity index (χ2v) is 3.14. The molecule has 1 aromatic heterocycles. The first kappa shape index (κ1) is 9.19. The fourth-order valence-corrected chi connectivity index (χ4v) is 1.59. The minimum Gasteiger partial charge on any atom is -0.461 e. The third-order valence-electron chi connectivity index (χ3n) is 1.43. The van der Waals surface area contributed by atoms with Gasteiger partial charge in [0.2, 0.25) is 0 Å². The van der Waals surface area contributed by atoms with Gasteiger partial charge in [-0.1, -0.05) is 6.92 Å². The summed E-state index contributed by atoms with van der Waals surface area (Å²) in [6.07, 6.45) is 0.832. The lowest BCUT2D eigenvalue weighted by Gasteiger charge is -1.99. The second-order valence-electron chi connectivity index (χ2n) is 2.20. The van der Waals surface area contributed by atoms with Gasteiger partial charge in [0.25, 0.3) is 0 Å². The van der Waals surface area contributed by atoms with Crippen molar-refractivity contribution in [2.24, 2.45) is 0 Å². The normalized spacial score (nSPS) is 9.83. The number of aryl methyl sites for hydroxylation is 1. The molecular weight excluding hydrogens is 174 g/mol. The molecular formula is C8H11NO2S. The number of aromatic nitrogens is 1. The number of carbonyl (C=O) groups is 1. The van der Waals surface area contributed by atoms with E-state index in [1.807, 2.05) is 6.92 Å². The lowest BCUT2D eigenvalue weighted by Crippen LogP contribution is -2.06. The van der Waals surface area contributed by atoms with E-state index in [2.05, 4.69) is 4.98 Å². The fraction of sp³-hybridized carbons (Fsp3) is 0.500. The maximum Gasteiger partial charge on any atom is 0.358 e. The molecule has 0 amide bonds. The van der Waals surface area contributed by atoms with E-state index in [0.717, 1.165) is 11.3 Å². The molecule has 0 saturated heterocycles. The van der Waals surface area contributed by atoms with Crippen LogP contribution in [0.1, 0.15) is 29.2 Å². The largest absolute Gasteiger partial charge is 0.461 e. The Bertz CT molecular complexity index is 270. The molecule has 1 aromatic rings. The van der Waals surface area contributed by atoms with E-state index < -0.39 is 0 Å². The van der Waals surface area contributed by atoms with Gasteiger partial charge in [0.15, 0.2) is 5.69 Å². The lowest BCUT2D eigenvalue weighted by molar-refractivity contribution is 0.0519. The summed E-state index contributed by atoms with van der Waals surface area (Å²) in [6, 6.07) is 0. The smallest absolute Gasteiger partial charge is 0.358 e. The van der Waals surface area contributed by atoms with Crippen molar-refractivity contribution < 1.29 is 9.53 Å². The monoisotopic (exact) mass is 185 g/mol. The number of carbonyl (C=O) groups excluding carboxylic acids is 1. The maximum atomic E-state index is 11.2. The molecule has 1 rings (SSSR count). The van der Waals surface area contributed by atoms with Gasteiger partial charge in [-0.2, -0.15) is 0 Å². The van der Waals surface area contributed by atoms with E-state index in [0.29, 0.717) is 12.3 Å². The zero-order valence-electron chi connectivity index (χ0n) is 7.16. The van der Waals surface area contributed by atoms with Gasteiger partial charge < -0.3 is 4.74 Å². The molecule has 0 unspecified atom stereocenters. The average Bonchev–Trinajstić information content (AvgIpc) is 2.51. The van der Waals surface area contributed by atoms with Crippen LogP contribution >= 0.6 is 11.3 Å². The number of hydrogen-bond donors (Lipinski definition) is 0. The first-order valence-electron chi connectivity index (χ1n) is 3.89. The second kappa shape index (κ2) is 4.21. The molecule has 0 saturated carbocycles. The topological polar surface area (TPSA) is 39.2 Å². The van der Waals surface area contributed by atoms with Crippen molar-refractivity contribution in [3.63, 3.8) is 0 Å². The summed E-state index contributed by atoms with van der Waals surface area (Å²) < 4.78 is 4.83. The SMILES string of the molecule is CCOC(=O)c1ncsc1CC. The van der Waals surface area contributed by atoms with Gasteiger partial charge in [-0.25, -0.2) is 9.78 Å². The van der Waals surface area contributed by atoms with Crippen molar-refractivity contribution in [3.05, 3.63) is 16.1 Å². The molecule has 0 aliphatic rings. The highest BCUT2D eigenvalue weighted by molar-refractivity contribution is 7.09. The number of thiazole rings is 1. The third kappa shape index (κ3) is 1.82. The van der Waals surface area contributed by atoms with Gasteiger partial charge in [-0.3, -0.25) is 0 Å². The van der Waals surface area contributed by atoms with Gasteiger partial charge >= 0.3 is 5.97 Å². The summed E-state index contributed by atoms with van der Waals surface area (Å²) in [5.74, 6) is -0.310. The van der Waals surface area contributed by atoms with Crippen LogP contribution in [0.3, 0.4) is 0 Å². The molecule has 4 heteroatoms. The van der Waals surface area contributed by atoms with Gasteiger partial charge in [-0.05, 0) is 13.3 Å². The van der Waals surface area contributed by atoms with E-state index in [9.17, 15) is 4.79 Å². The highest BCUT2D eigenvalue weighted by Gasteiger charge is 2.13. The number of hydrogen-bond acceptors (Lipinski definition) is 4. The first-order chi connectivity index (χ1) is 5.79. The minimum absolute atomic E-state index is 0.310. The Balaban J connectivity index is 2.79. The first-order valence-corrected chi connectivity index (χ1v) is 4.77. The lowest BCUT2D eigenvalue weighted by atomic mass is 10.3. The van der Waals surface area contributed by atoms with E-state index in [-0.39, 0.29) is 5.97 Å².